The number of carbonyl (C=O) groups is 1. The van der Waals surface area contributed by atoms with Gasteiger partial charge in [0.05, 0.1) is 0 Å². The zero-order chi connectivity index (χ0) is 17.8. The van der Waals surface area contributed by atoms with Crippen LogP contribution in [0.3, 0.4) is 0 Å². The number of cyclic esters (lactones) is 1. The second kappa shape index (κ2) is 7.13. The molecule has 2 aromatic carbocycles. The van der Waals surface area contributed by atoms with Gasteiger partial charge in [-0.25, -0.2) is 14.2 Å². The van der Waals surface area contributed by atoms with Crippen LogP contribution >= 0.6 is 0 Å². The van der Waals surface area contributed by atoms with Gasteiger partial charge in [0.15, 0.2) is 5.70 Å². The lowest BCUT2D eigenvalue weighted by Crippen LogP contribution is -2.05. The number of rotatable bonds is 5. The summed E-state index contributed by atoms with van der Waals surface area (Å²) in [6.07, 6.45) is 1.59. The van der Waals surface area contributed by atoms with E-state index in [1.54, 1.807) is 18.2 Å². The number of aliphatic imine (C=N–C) groups is 1. The molecule has 0 fully saturated rings. The number of nitrogens with zero attached hydrogens (tertiary/aromatic N) is 1. The maximum atomic E-state index is 13.3. The van der Waals surface area contributed by atoms with Crippen molar-refractivity contribution in [3.05, 3.63) is 83.3 Å². The van der Waals surface area contributed by atoms with Gasteiger partial charge in [0.2, 0.25) is 5.90 Å². The molecule has 0 atom stereocenters. The first-order valence-corrected chi connectivity index (χ1v) is 7.67. The van der Waals surface area contributed by atoms with Crippen molar-refractivity contribution >= 4 is 17.9 Å². The Kier molecular flexibility index (Phi) is 4.75. The molecule has 0 bridgehead atoms. The topological polar surface area (TPSA) is 47.9 Å². The highest BCUT2D eigenvalue weighted by atomic mass is 19.1. The molecule has 2 aromatic rings. The number of halogens is 1. The summed E-state index contributed by atoms with van der Waals surface area (Å²) in [4.78, 5) is 16.2. The van der Waals surface area contributed by atoms with Gasteiger partial charge in [0, 0.05) is 11.1 Å². The van der Waals surface area contributed by atoms with E-state index in [1.165, 1.54) is 18.2 Å². The fraction of sp³-hybridized carbons (Fsp3) is 0.100. The molecule has 0 N–H and O–H groups in total. The molecule has 0 spiro atoms. The number of para-hydroxylation sites is 1. The van der Waals surface area contributed by atoms with Crippen molar-refractivity contribution in [2.75, 3.05) is 6.61 Å². The van der Waals surface area contributed by atoms with E-state index in [0.29, 0.717) is 23.5 Å². The van der Waals surface area contributed by atoms with Gasteiger partial charge in [-0.05, 0) is 42.8 Å². The number of hydrogen-bond acceptors (Lipinski definition) is 4. The lowest BCUT2D eigenvalue weighted by molar-refractivity contribution is -0.129. The maximum Gasteiger partial charge on any atom is 0.363 e. The van der Waals surface area contributed by atoms with Crippen LogP contribution in [0.4, 0.5) is 4.39 Å². The SMILES string of the molecule is C=C(C)COc1ccccc1/C=C1/N=C(c2cccc(F)c2)OC1=O. The first-order chi connectivity index (χ1) is 12.0. The molecule has 0 radical (unpaired) electrons. The maximum absolute atomic E-state index is 13.3. The first kappa shape index (κ1) is 16.6. The fourth-order valence-corrected chi connectivity index (χ4v) is 2.23. The zero-order valence-electron chi connectivity index (χ0n) is 13.7. The van der Waals surface area contributed by atoms with E-state index >= 15 is 0 Å². The summed E-state index contributed by atoms with van der Waals surface area (Å²) in [5.41, 5.74) is 2.11. The van der Waals surface area contributed by atoms with Crippen LogP contribution in [0.25, 0.3) is 6.08 Å². The van der Waals surface area contributed by atoms with Gasteiger partial charge in [-0.15, -0.1) is 0 Å². The molecule has 1 aliphatic rings. The van der Waals surface area contributed by atoms with E-state index in [0.717, 1.165) is 5.57 Å². The number of benzene rings is 2. The standard InChI is InChI=1S/C20H16FNO3/c1-13(2)12-24-18-9-4-3-6-14(18)11-17-20(23)25-19(22-17)15-7-5-8-16(21)10-15/h3-11H,1,12H2,2H3/b17-11+. The predicted octanol–water partition coefficient (Wildman–Crippen LogP) is 4.13. The van der Waals surface area contributed by atoms with Gasteiger partial charge in [-0.1, -0.05) is 30.8 Å². The average Bonchev–Trinajstić information content (AvgIpc) is 2.95. The Balaban J connectivity index is 1.91. The molecule has 0 amide bonds. The highest BCUT2D eigenvalue weighted by molar-refractivity contribution is 6.12. The number of carbonyl (C=O) groups excluding carboxylic acids is 1. The summed E-state index contributed by atoms with van der Waals surface area (Å²) in [7, 11) is 0. The third-order valence-corrected chi connectivity index (χ3v) is 3.38. The van der Waals surface area contributed by atoms with E-state index in [1.807, 2.05) is 25.1 Å². The molecule has 0 aliphatic carbocycles. The van der Waals surface area contributed by atoms with Crippen LogP contribution in [0, 0.1) is 5.82 Å². The van der Waals surface area contributed by atoms with Crippen molar-refractivity contribution in [3.63, 3.8) is 0 Å². The number of ether oxygens (including phenoxy) is 2. The molecular weight excluding hydrogens is 321 g/mol. The fourth-order valence-electron chi connectivity index (χ4n) is 2.23. The van der Waals surface area contributed by atoms with Crippen LogP contribution in [0.1, 0.15) is 18.1 Å². The molecule has 0 unspecified atom stereocenters. The summed E-state index contributed by atoms with van der Waals surface area (Å²) < 4.78 is 24.2. The van der Waals surface area contributed by atoms with Crippen molar-refractivity contribution in [3.8, 4) is 5.75 Å². The Bertz CT molecular complexity index is 899. The molecule has 1 heterocycles. The normalized spacial score (nSPS) is 15.0. The monoisotopic (exact) mass is 337 g/mol. The van der Waals surface area contributed by atoms with Gasteiger partial charge >= 0.3 is 5.97 Å². The zero-order valence-corrected chi connectivity index (χ0v) is 13.7. The van der Waals surface area contributed by atoms with Gasteiger partial charge < -0.3 is 9.47 Å². The van der Waals surface area contributed by atoms with Gasteiger partial charge in [0.1, 0.15) is 18.2 Å². The number of hydrogen-bond donors (Lipinski definition) is 0. The summed E-state index contributed by atoms with van der Waals surface area (Å²) in [6.45, 7) is 6.04. The highest BCUT2D eigenvalue weighted by Crippen LogP contribution is 2.25. The molecular formula is C20H16FNO3. The van der Waals surface area contributed by atoms with E-state index in [-0.39, 0.29) is 11.6 Å². The van der Waals surface area contributed by atoms with E-state index in [2.05, 4.69) is 11.6 Å². The average molecular weight is 337 g/mol. The summed E-state index contributed by atoms with van der Waals surface area (Å²) >= 11 is 0. The third kappa shape index (κ3) is 4.01. The van der Waals surface area contributed by atoms with Crippen molar-refractivity contribution in [2.24, 2.45) is 4.99 Å². The first-order valence-electron chi connectivity index (χ1n) is 7.67. The molecule has 0 saturated carbocycles. The van der Waals surface area contributed by atoms with Gasteiger partial charge in [0.25, 0.3) is 0 Å². The highest BCUT2D eigenvalue weighted by Gasteiger charge is 2.24. The van der Waals surface area contributed by atoms with Crippen molar-refractivity contribution in [2.45, 2.75) is 6.92 Å². The Morgan fingerprint density at radius 3 is 2.84 bits per heavy atom. The Hall–Kier alpha value is -3.21. The molecule has 1 aliphatic heterocycles. The molecule has 4 nitrogen and oxygen atoms in total. The lowest BCUT2D eigenvalue weighted by atomic mass is 10.1. The van der Waals surface area contributed by atoms with Crippen molar-refractivity contribution in [1.82, 2.24) is 0 Å². The van der Waals surface area contributed by atoms with Crippen LogP contribution in [0.2, 0.25) is 0 Å². The summed E-state index contributed by atoms with van der Waals surface area (Å²) in [5.74, 6) is -0.322. The largest absolute Gasteiger partial charge is 0.489 e. The predicted molar refractivity (Wildman–Crippen MR) is 93.8 cm³/mol. The Morgan fingerprint density at radius 1 is 1.28 bits per heavy atom. The minimum absolute atomic E-state index is 0.0797. The van der Waals surface area contributed by atoms with Gasteiger partial charge in [-0.2, -0.15) is 0 Å². The molecule has 0 saturated heterocycles. The van der Waals surface area contributed by atoms with Crippen LogP contribution in [-0.2, 0) is 9.53 Å². The quantitative estimate of drug-likeness (QED) is 0.468. The molecule has 3 rings (SSSR count). The van der Waals surface area contributed by atoms with E-state index < -0.39 is 11.8 Å². The van der Waals surface area contributed by atoms with Crippen LogP contribution < -0.4 is 4.74 Å². The smallest absolute Gasteiger partial charge is 0.363 e. The molecule has 0 aromatic heterocycles. The molecule has 5 heteroatoms. The number of esters is 1. The van der Waals surface area contributed by atoms with Crippen LogP contribution in [0.5, 0.6) is 5.75 Å². The Labute approximate surface area is 144 Å². The second-order valence-electron chi connectivity index (χ2n) is 5.63. The summed E-state index contributed by atoms with van der Waals surface area (Å²) in [5, 5.41) is 0. The minimum atomic E-state index is -0.589. The van der Waals surface area contributed by atoms with Crippen molar-refractivity contribution < 1.29 is 18.7 Å². The summed E-state index contributed by atoms with van der Waals surface area (Å²) in [6, 6.07) is 13.0. The lowest BCUT2D eigenvalue weighted by Gasteiger charge is -2.08. The van der Waals surface area contributed by atoms with E-state index in [9.17, 15) is 9.18 Å². The van der Waals surface area contributed by atoms with Crippen molar-refractivity contribution in [1.29, 1.82) is 0 Å². The molecule has 25 heavy (non-hydrogen) atoms. The molecule has 126 valence electrons. The third-order valence-electron chi connectivity index (χ3n) is 3.38. The van der Waals surface area contributed by atoms with E-state index in [4.69, 9.17) is 9.47 Å². The Morgan fingerprint density at radius 2 is 2.08 bits per heavy atom. The van der Waals surface area contributed by atoms with Crippen LogP contribution in [-0.4, -0.2) is 18.5 Å². The van der Waals surface area contributed by atoms with Gasteiger partial charge in [-0.3, -0.25) is 0 Å². The minimum Gasteiger partial charge on any atom is -0.489 e. The van der Waals surface area contributed by atoms with Crippen LogP contribution in [0.15, 0.2) is 71.4 Å². The second-order valence-corrected chi connectivity index (χ2v) is 5.63.